The SMILES string of the molecule is O=C1c2cc(Nc3ccc(C(F)(F)F)cc3)ccc2OCCN1Cc1ncccn1. The Balaban J connectivity index is 1.55. The number of nitrogens with one attached hydrogen (secondary N) is 1. The first kappa shape index (κ1) is 19.7. The molecule has 3 aromatic rings. The number of benzene rings is 2. The molecule has 1 N–H and O–H groups in total. The molecular formula is C21H17F3N4O2. The van der Waals surface area contributed by atoms with Crippen molar-refractivity contribution >= 4 is 17.3 Å². The minimum atomic E-state index is -4.39. The largest absolute Gasteiger partial charge is 0.491 e. The van der Waals surface area contributed by atoms with E-state index in [0.29, 0.717) is 41.7 Å². The maximum atomic E-state index is 13.0. The van der Waals surface area contributed by atoms with Crippen molar-refractivity contribution in [2.75, 3.05) is 18.5 Å². The maximum Gasteiger partial charge on any atom is 0.416 e. The molecule has 1 amide bonds. The van der Waals surface area contributed by atoms with E-state index in [9.17, 15) is 18.0 Å². The van der Waals surface area contributed by atoms with Gasteiger partial charge in [0.2, 0.25) is 0 Å². The van der Waals surface area contributed by atoms with Crippen LogP contribution in [0.4, 0.5) is 24.5 Å². The molecule has 0 saturated carbocycles. The average molecular weight is 414 g/mol. The van der Waals surface area contributed by atoms with Gasteiger partial charge in [0, 0.05) is 23.8 Å². The van der Waals surface area contributed by atoms with Gasteiger partial charge in [-0.3, -0.25) is 4.79 Å². The van der Waals surface area contributed by atoms with Crippen molar-refractivity contribution in [2.45, 2.75) is 12.7 Å². The lowest BCUT2D eigenvalue weighted by molar-refractivity contribution is -0.137. The number of alkyl halides is 3. The van der Waals surface area contributed by atoms with E-state index in [1.165, 1.54) is 12.1 Å². The monoisotopic (exact) mass is 414 g/mol. The molecule has 0 saturated heterocycles. The lowest BCUT2D eigenvalue weighted by Crippen LogP contribution is -2.32. The summed E-state index contributed by atoms with van der Waals surface area (Å²) in [5.41, 5.74) is 0.667. The fourth-order valence-electron chi connectivity index (χ4n) is 3.08. The van der Waals surface area contributed by atoms with E-state index in [4.69, 9.17) is 4.74 Å². The van der Waals surface area contributed by atoms with Crippen LogP contribution in [-0.2, 0) is 12.7 Å². The summed E-state index contributed by atoms with van der Waals surface area (Å²) < 4.78 is 43.9. The molecule has 0 radical (unpaired) electrons. The predicted octanol–water partition coefficient (Wildman–Crippen LogP) is 4.27. The lowest BCUT2D eigenvalue weighted by Gasteiger charge is -2.19. The molecule has 0 atom stereocenters. The highest BCUT2D eigenvalue weighted by molar-refractivity contribution is 5.98. The number of nitrogens with zero attached hydrogens (tertiary/aromatic N) is 3. The molecule has 4 rings (SSSR count). The topological polar surface area (TPSA) is 67.3 Å². The summed E-state index contributed by atoms with van der Waals surface area (Å²) in [5.74, 6) is 0.744. The number of anilines is 2. The van der Waals surface area contributed by atoms with Crippen molar-refractivity contribution in [1.29, 1.82) is 0 Å². The normalized spacial score (nSPS) is 14.0. The molecule has 1 aromatic heterocycles. The molecule has 0 spiro atoms. The van der Waals surface area contributed by atoms with Crippen LogP contribution in [0.2, 0.25) is 0 Å². The van der Waals surface area contributed by atoms with Crippen LogP contribution in [0.1, 0.15) is 21.7 Å². The van der Waals surface area contributed by atoms with Gasteiger partial charge in [0.05, 0.1) is 24.2 Å². The highest BCUT2D eigenvalue weighted by Crippen LogP contribution is 2.32. The number of hydrogen-bond donors (Lipinski definition) is 1. The molecule has 2 heterocycles. The van der Waals surface area contributed by atoms with E-state index in [2.05, 4.69) is 15.3 Å². The minimum Gasteiger partial charge on any atom is -0.491 e. The van der Waals surface area contributed by atoms with E-state index in [0.717, 1.165) is 12.1 Å². The molecule has 1 aliphatic heterocycles. The first-order valence-corrected chi connectivity index (χ1v) is 9.16. The third-order valence-corrected chi connectivity index (χ3v) is 4.57. The number of carbonyl (C=O) groups is 1. The van der Waals surface area contributed by atoms with Crippen molar-refractivity contribution < 1.29 is 22.7 Å². The summed E-state index contributed by atoms with van der Waals surface area (Å²) in [4.78, 5) is 22.9. The Morgan fingerprint density at radius 2 is 1.73 bits per heavy atom. The van der Waals surface area contributed by atoms with Gasteiger partial charge in [-0.15, -0.1) is 0 Å². The van der Waals surface area contributed by atoms with Gasteiger partial charge in [0.1, 0.15) is 18.2 Å². The number of hydrogen-bond acceptors (Lipinski definition) is 5. The second kappa shape index (κ2) is 8.02. The van der Waals surface area contributed by atoms with Gasteiger partial charge in [-0.2, -0.15) is 13.2 Å². The van der Waals surface area contributed by atoms with Crippen molar-refractivity contribution in [3.8, 4) is 5.75 Å². The standard InChI is InChI=1S/C21H17F3N4O2/c22-21(23,24)14-2-4-15(5-3-14)27-16-6-7-18-17(12-16)20(29)28(10-11-30-18)13-19-25-8-1-9-26-19/h1-9,12,27H,10-11,13H2. The van der Waals surface area contributed by atoms with Crippen LogP contribution < -0.4 is 10.1 Å². The maximum absolute atomic E-state index is 13.0. The van der Waals surface area contributed by atoms with Crippen LogP contribution in [0.3, 0.4) is 0 Å². The number of halogens is 3. The molecule has 1 aliphatic rings. The average Bonchev–Trinajstić information content (AvgIpc) is 2.88. The van der Waals surface area contributed by atoms with Crippen molar-refractivity contribution in [3.05, 3.63) is 77.9 Å². The van der Waals surface area contributed by atoms with Crippen molar-refractivity contribution in [3.63, 3.8) is 0 Å². The van der Waals surface area contributed by atoms with Gasteiger partial charge in [-0.05, 0) is 48.5 Å². The zero-order valence-corrected chi connectivity index (χ0v) is 15.7. The Kier molecular flexibility index (Phi) is 5.26. The summed E-state index contributed by atoms with van der Waals surface area (Å²) in [6, 6.07) is 11.4. The highest BCUT2D eigenvalue weighted by Gasteiger charge is 2.30. The quantitative estimate of drug-likeness (QED) is 0.691. The number of carbonyl (C=O) groups excluding carboxylic acids is 1. The Labute approximate surface area is 170 Å². The van der Waals surface area contributed by atoms with Crippen LogP contribution in [-0.4, -0.2) is 33.9 Å². The summed E-state index contributed by atoms with van der Waals surface area (Å²) in [7, 11) is 0. The van der Waals surface area contributed by atoms with E-state index in [-0.39, 0.29) is 12.5 Å². The van der Waals surface area contributed by atoms with Gasteiger partial charge >= 0.3 is 6.18 Å². The number of fused-ring (bicyclic) bond motifs is 1. The van der Waals surface area contributed by atoms with E-state index >= 15 is 0 Å². The highest BCUT2D eigenvalue weighted by atomic mass is 19.4. The Morgan fingerprint density at radius 1 is 1.03 bits per heavy atom. The molecule has 6 nitrogen and oxygen atoms in total. The van der Waals surface area contributed by atoms with Crippen LogP contribution in [0.25, 0.3) is 0 Å². The lowest BCUT2D eigenvalue weighted by atomic mass is 10.1. The number of aromatic nitrogens is 2. The third-order valence-electron chi connectivity index (χ3n) is 4.57. The van der Waals surface area contributed by atoms with Crippen LogP contribution in [0.15, 0.2) is 60.9 Å². The van der Waals surface area contributed by atoms with Gasteiger partial charge in [0.25, 0.3) is 5.91 Å². The first-order valence-electron chi connectivity index (χ1n) is 9.16. The minimum absolute atomic E-state index is 0.231. The molecule has 0 aliphatic carbocycles. The van der Waals surface area contributed by atoms with Crippen molar-refractivity contribution in [1.82, 2.24) is 14.9 Å². The molecule has 0 unspecified atom stereocenters. The molecule has 30 heavy (non-hydrogen) atoms. The predicted molar refractivity (Wildman–Crippen MR) is 103 cm³/mol. The molecule has 0 fully saturated rings. The van der Waals surface area contributed by atoms with Crippen molar-refractivity contribution in [2.24, 2.45) is 0 Å². The summed E-state index contributed by atoms with van der Waals surface area (Å²) in [6.45, 7) is 0.962. The number of rotatable bonds is 4. The van der Waals surface area contributed by atoms with Crippen LogP contribution in [0.5, 0.6) is 5.75 Å². The smallest absolute Gasteiger partial charge is 0.416 e. The molecule has 154 valence electrons. The molecular weight excluding hydrogens is 397 g/mol. The molecule has 9 heteroatoms. The number of ether oxygens (including phenoxy) is 1. The van der Waals surface area contributed by atoms with E-state index in [1.54, 1.807) is 41.6 Å². The fourth-order valence-corrected chi connectivity index (χ4v) is 3.08. The second-order valence-electron chi connectivity index (χ2n) is 6.65. The Bertz CT molecular complexity index is 1040. The third kappa shape index (κ3) is 4.35. The van der Waals surface area contributed by atoms with Gasteiger partial charge < -0.3 is 15.0 Å². The fraction of sp³-hybridized carbons (Fsp3) is 0.190. The van der Waals surface area contributed by atoms with E-state index in [1.807, 2.05) is 0 Å². The summed E-state index contributed by atoms with van der Waals surface area (Å²) in [6.07, 6.45) is -1.17. The molecule has 2 aromatic carbocycles. The zero-order valence-electron chi connectivity index (χ0n) is 15.7. The second-order valence-corrected chi connectivity index (χ2v) is 6.65. The number of amides is 1. The van der Waals surface area contributed by atoms with Crippen LogP contribution in [0, 0.1) is 0 Å². The summed E-state index contributed by atoms with van der Waals surface area (Å²) in [5, 5.41) is 3.02. The Morgan fingerprint density at radius 3 is 2.43 bits per heavy atom. The summed E-state index contributed by atoms with van der Waals surface area (Å²) >= 11 is 0. The van der Waals surface area contributed by atoms with Gasteiger partial charge in [-0.25, -0.2) is 9.97 Å². The zero-order chi connectivity index (χ0) is 21.1. The van der Waals surface area contributed by atoms with E-state index < -0.39 is 11.7 Å². The van der Waals surface area contributed by atoms with Gasteiger partial charge in [0.15, 0.2) is 0 Å². The molecule has 0 bridgehead atoms. The Hall–Kier alpha value is -3.62. The first-order chi connectivity index (χ1) is 14.4. The van der Waals surface area contributed by atoms with Gasteiger partial charge in [-0.1, -0.05) is 0 Å². The van der Waals surface area contributed by atoms with Crippen LogP contribution >= 0.6 is 0 Å².